The number of rotatable bonds is 5. The predicted molar refractivity (Wildman–Crippen MR) is 96.5 cm³/mol. The largest absolute Gasteiger partial charge is 0.494 e. The molecule has 120 valence electrons. The molecule has 1 aromatic carbocycles. The average molecular weight is 337 g/mol. The average Bonchev–Trinajstić information content (AvgIpc) is 2.83. The minimum Gasteiger partial charge on any atom is -0.494 e. The molecule has 0 aliphatic carbocycles. The number of piperidine rings is 1. The maximum atomic E-state index is 5.62. The number of hydrogen-bond acceptors (Lipinski definition) is 4. The Labute approximate surface area is 141 Å². The summed E-state index contributed by atoms with van der Waals surface area (Å²) >= 11 is 7.31. The van der Waals surface area contributed by atoms with Gasteiger partial charge in [0.2, 0.25) is 0 Å². The van der Waals surface area contributed by atoms with Crippen LogP contribution in [-0.4, -0.2) is 28.7 Å². The second kappa shape index (κ2) is 7.11. The molecule has 3 rings (SSSR count). The van der Waals surface area contributed by atoms with E-state index in [1.807, 2.05) is 6.92 Å². The normalized spacial score (nSPS) is 19.6. The summed E-state index contributed by atoms with van der Waals surface area (Å²) in [6.45, 7) is 7.12. The molecule has 5 heteroatoms. The van der Waals surface area contributed by atoms with Gasteiger partial charge in [-0.2, -0.15) is 0 Å². The lowest BCUT2D eigenvalue weighted by molar-refractivity contribution is 0.109. The van der Waals surface area contributed by atoms with Crippen molar-refractivity contribution >= 4 is 33.8 Å². The number of likely N-dealkylation sites (tertiary alicyclic amines) is 1. The van der Waals surface area contributed by atoms with E-state index in [1.165, 1.54) is 42.4 Å². The molecule has 1 aliphatic rings. The molecule has 0 saturated carbocycles. The SMILES string of the molecule is CCOc1ccc2c(c1)sc(=S)n2CN1CCCCC1CC. The van der Waals surface area contributed by atoms with Crippen molar-refractivity contribution in [3.05, 3.63) is 22.2 Å². The zero-order valence-electron chi connectivity index (χ0n) is 13.4. The van der Waals surface area contributed by atoms with Crippen LogP contribution >= 0.6 is 23.6 Å². The van der Waals surface area contributed by atoms with E-state index in [4.69, 9.17) is 17.0 Å². The molecule has 0 bridgehead atoms. The van der Waals surface area contributed by atoms with Crippen LogP contribution in [0.1, 0.15) is 39.5 Å². The van der Waals surface area contributed by atoms with Crippen molar-refractivity contribution in [3.63, 3.8) is 0 Å². The topological polar surface area (TPSA) is 17.4 Å². The molecule has 22 heavy (non-hydrogen) atoms. The maximum Gasteiger partial charge on any atom is 0.163 e. The molecule has 0 N–H and O–H groups in total. The molecule has 0 amide bonds. The second-order valence-corrected chi connectivity index (χ2v) is 7.55. The summed E-state index contributed by atoms with van der Waals surface area (Å²) in [5.41, 5.74) is 1.24. The molecule has 0 spiro atoms. The molecule has 1 aliphatic heterocycles. The minimum absolute atomic E-state index is 0.698. The number of hydrogen-bond donors (Lipinski definition) is 0. The van der Waals surface area contributed by atoms with Gasteiger partial charge in [0.05, 0.1) is 23.5 Å². The summed E-state index contributed by atoms with van der Waals surface area (Å²) in [5, 5.41) is 0. The summed E-state index contributed by atoms with van der Waals surface area (Å²) < 4.78 is 10.1. The van der Waals surface area contributed by atoms with Crippen molar-refractivity contribution in [2.24, 2.45) is 0 Å². The van der Waals surface area contributed by atoms with Gasteiger partial charge in [0.15, 0.2) is 3.95 Å². The summed E-state index contributed by atoms with van der Waals surface area (Å²) in [6, 6.07) is 7.02. The highest BCUT2D eigenvalue weighted by molar-refractivity contribution is 7.73. The molecule has 1 saturated heterocycles. The number of thiazole rings is 1. The number of aromatic nitrogens is 1. The highest BCUT2D eigenvalue weighted by Crippen LogP contribution is 2.29. The van der Waals surface area contributed by atoms with E-state index in [0.29, 0.717) is 12.6 Å². The molecule has 1 unspecified atom stereocenters. The van der Waals surface area contributed by atoms with Crippen LogP contribution in [-0.2, 0) is 6.67 Å². The van der Waals surface area contributed by atoms with Crippen molar-refractivity contribution in [1.29, 1.82) is 0 Å². The van der Waals surface area contributed by atoms with Crippen LogP contribution in [0.2, 0.25) is 0 Å². The third kappa shape index (κ3) is 3.21. The predicted octanol–water partition coefficient (Wildman–Crippen LogP) is 5.05. The Morgan fingerprint density at radius 3 is 2.95 bits per heavy atom. The van der Waals surface area contributed by atoms with Crippen LogP contribution in [0.5, 0.6) is 5.75 Å². The van der Waals surface area contributed by atoms with Crippen molar-refractivity contribution < 1.29 is 4.74 Å². The number of ether oxygens (including phenoxy) is 1. The highest BCUT2D eigenvalue weighted by atomic mass is 32.1. The lowest BCUT2D eigenvalue weighted by Gasteiger charge is -2.35. The van der Waals surface area contributed by atoms with Gasteiger partial charge in [0.1, 0.15) is 5.75 Å². The highest BCUT2D eigenvalue weighted by Gasteiger charge is 2.21. The van der Waals surface area contributed by atoms with Crippen LogP contribution in [0.15, 0.2) is 18.2 Å². The second-order valence-electron chi connectivity index (χ2n) is 5.87. The molecule has 3 nitrogen and oxygen atoms in total. The van der Waals surface area contributed by atoms with Crippen molar-refractivity contribution in [3.8, 4) is 5.75 Å². The molecular weight excluding hydrogens is 312 g/mol. The van der Waals surface area contributed by atoms with E-state index in [9.17, 15) is 0 Å². The van der Waals surface area contributed by atoms with Crippen molar-refractivity contribution in [2.45, 2.75) is 52.2 Å². The van der Waals surface area contributed by atoms with Gasteiger partial charge in [-0.25, -0.2) is 0 Å². The summed E-state index contributed by atoms with van der Waals surface area (Å²) in [4.78, 5) is 2.60. The maximum absolute atomic E-state index is 5.62. The van der Waals surface area contributed by atoms with Gasteiger partial charge in [-0.05, 0) is 56.6 Å². The first-order chi connectivity index (χ1) is 10.7. The van der Waals surface area contributed by atoms with Crippen LogP contribution in [0.3, 0.4) is 0 Å². The summed E-state index contributed by atoms with van der Waals surface area (Å²) in [5.74, 6) is 0.933. The Balaban J connectivity index is 1.90. The minimum atomic E-state index is 0.698. The summed E-state index contributed by atoms with van der Waals surface area (Å²) in [7, 11) is 0. The fourth-order valence-electron chi connectivity index (χ4n) is 3.33. The Morgan fingerprint density at radius 1 is 1.32 bits per heavy atom. The third-order valence-electron chi connectivity index (χ3n) is 4.49. The molecule has 2 aromatic rings. The molecular formula is C17H24N2OS2. The van der Waals surface area contributed by atoms with E-state index >= 15 is 0 Å². The van der Waals surface area contributed by atoms with Gasteiger partial charge >= 0.3 is 0 Å². The first-order valence-corrected chi connectivity index (χ1v) is 9.45. The van der Waals surface area contributed by atoms with Gasteiger partial charge in [0.25, 0.3) is 0 Å². The van der Waals surface area contributed by atoms with E-state index in [2.05, 4.69) is 34.6 Å². The molecule has 0 radical (unpaired) electrons. The van der Waals surface area contributed by atoms with Crippen LogP contribution in [0, 0.1) is 3.95 Å². The van der Waals surface area contributed by atoms with Gasteiger partial charge in [-0.1, -0.05) is 13.3 Å². The number of nitrogens with zero attached hydrogens (tertiary/aromatic N) is 2. The zero-order chi connectivity index (χ0) is 15.5. The molecule has 1 aromatic heterocycles. The van der Waals surface area contributed by atoms with E-state index in [-0.39, 0.29) is 0 Å². The van der Waals surface area contributed by atoms with Gasteiger partial charge < -0.3 is 9.30 Å². The fourth-order valence-corrected chi connectivity index (χ4v) is 4.66. The number of benzene rings is 1. The monoisotopic (exact) mass is 336 g/mol. The van der Waals surface area contributed by atoms with Crippen molar-refractivity contribution in [2.75, 3.05) is 13.2 Å². The quantitative estimate of drug-likeness (QED) is 0.711. The number of fused-ring (bicyclic) bond motifs is 1. The summed E-state index contributed by atoms with van der Waals surface area (Å²) in [6.07, 6.45) is 5.22. The molecule has 2 heterocycles. The van der Waals surface area contributed by atoms with Gasteiger partial charge in [-0.3, -0.25) is 4.90 Å². The van der Waals surface area contributed by atoms with Gasteiger partial charge in [0, 0.05) is 12.6 Å². The molecule has 1 fully saturated rings. The van der Waals surface area contributed by atoms with Crippen LogP contribution in [0.4, 0.5) is 0 Å². The first-order valence-electron chi connectivity index (χ1n) is 8.23. The lowest BCUT2D eigenvalue weighted by Crippen LogP contribution is -2.40. The smallest absolute Gasteiger partial charge is 0.163 e. The van der Waals surface area contributed by atoms with Crippen LogP contribution < -0.4 is 4.74 Å². The zero-order valence-corrected chi connectivity index (χ0v) is 15.0. The van der Waals surface area contributed by atoms with E-state index in [0.717, 1.165) is 16.4 Å². The van der Waals surface area contributed by atoms with Crippen LogP contribution in [0.25, 0.3) is 10.2 Å². The fraction of sp³-hybridized carbons (Fsp3) is 0.588. The van der Waals surface area contributed by atoms with E-state index in [1.54, 1.807) is 11.3 Å². The molecule has 1 atom stereocenters. The Hall–Kier alpha value is -0.910. The van der Waals surface area contributed by atoms with E-state index < -0.39 is 0 Å². The third-order valence-corrected chi connectivity index (χ3v) is 5.91. The Kier molecular flexibility index (Phi) is 5.16. The lowest BCUT2D eigenvalue weighted by atomic mass is 10.0. The van der Waals surface area contributed by atoms with Gasteiger partial charge in [-0.15, -0.1) is 11.3 Å². The Bertz CT molecular complexity index is 692. The standard InChI is InChI=1S/C17H24N2OS2/c1-3-13-7-5-6-10-18(13)12-19-15-9-8-14(20-4-2)11-16(15)22-17(19)21/h8-9,11,13H,3-7,10,12H2,1-2H3. The Morgan fingerprint density at radius 2 is 2.18 bits per heavy atom. The first kappa shape index (κ1) is 16.0. The van der Waals surface area contributed by atoms with Crippen molar-refractivity contribution in [1.82, 2.24) is 9.47 Å².